The van der Waals surface area contributed by atoms with Crippen molar-refractivity contribution in [2.45, 2.75) is 26.5 Å². The fourth-order valence-corrected chi connectivity index (χ4v) is 1.72. The van der Waals surface area contributed by atoms with Crippen LogP contribution < -0.4 is 5.32 Å². The average molecular weight is 266 g/mol. The molecule has 1 aromatic heterocycles. The first kappa shape index (κ1) is 13.8. The van der Waals surface area contributed by atoms with Crippen LogP contribution in [0, 0.1) is 5.41 Å². The number of rotatable bonds is 1. The molecule has 1 unspecified atom stereocenters. The molecule has 1 atom stereocenters. The van der Waals surface area contributed by atoms with Crippen molar-refractivity contribution in [1.82, 2.24) is 5.32 Å². The third-order valence-corrected chi connectivity index (χ3v) is 2.90. The molecule has 0 amide bonds. The Kier molecular flexibility index (Phi) is 3.95. The van der Waals surface area contributed by atoms with Gasteiger partial charge in [0.05, 0.1) is 6.61 Å². The SMILES string of the molecule is CC1(C)CNC(C)(c2ccc(Cl)o2)OC1.Cl. The van der Waals surface area contributed by atoms with E-state index in [9.17, 15) is 0 Å². The highest BCUT2D eigenvalue weighted by atomic mass is 35.5. The van der Waals surface area contributed by atoms with Gasteiger partial charge in [-0.1, -0.05) is 13.8 Å². The van der Waals surface area contributed by atoms with Gasteiger partial charge in [0.15, 0.2) is 16.7 Å². The summed E-state index contributed by atoms with van der Waals surface area (Å²) in [5, 5.41) is 3.73. The van der Waals surface area contributed by atoms with Crippen molar-refractivity contribution in [1.29, 1.82) is 0 Å². The smallest absolute Gasteiger partial charge is 0.193 e. The minimum absolute atomic E-state index is 0. The van der Waals surface area contributed by atoms with Crippen LogP contribution in [0.1, 0.15) is 26.5 Å². The van der Waals surface area contributed by atoms with E-state index in [1.165, 1.54) is 0 Å². The minimum atomic E-state index is -0.553. The number of ether oxygens (including phenoxy) is 1. The van der Waals surface area contributed by atoms with E-state index >= 15 is 0 Å². The second-order valence-electron chi connectivity index (χ2n) is 4.94. The van der Waals surface area contributed by atoms with E-state index in [-0.39, 0.29) is 17.8 Å². The molecular weight excluding hydrogens is 249 g/mol. The first-order chi connectivity index (χ1) is 6.91. The molecule has 1 fully saturated rings. The van der Waals surface area contributed by atoms with Gasteiger partial charge >= 0.3 is 0 Å². The predicted octanol–water partition coefficient (Wildman–Crippen LogP) is 3.17. The lowest BCUT2D eigenvalue weighted by Crippen LogP contribution is -2.53. The second kappa shape index (κ2) is 4.57. The number of furan rings is 1. The fraction of sp³-hybridized carbons (Fsp3) is 0.636. The van der Waals surface area contributed by atoms with E-state index in [1.807, 2.05) is 13.0 Å². The Labute approximate surface area is 107 Å². The van der Waals surface area contributed by atoms with Gasteiger partial charge in [0, 0.05) is 12.0 Å². The summed E-state index contributed by atoms with van der Waals surface area (Å²) in [6.07, 6.45) is 0. The lowest BCUT2D eigenvalue weighted by atomic mass is 9.92. The first-order valence-electron chi connectivity index (χ1n) is 5.06. The van der Waals surface area contributed by atoms with Gasteiger partial charge in [-0.25, -0.2) is 0 Å². The van der Waals surface area contributed by atoms with Crippen LogP contribution in [0.5, 0.6) is 0 Å². The molecule has 0 aromatic carbocycles. The van der Waals surface area contributed by atoms with Crippen LogP contribution in [-0.4, -0.2) is 13.2 Å². The minimum Gasteiger partial charge on any atom is -0.445 e. The van der Waals surface area contributed by atoms with E-state index in [0.717, 1.165) is 12.3 Å². The van der Waals surface area contributed by atoms with E-state index < -0.39 is 5.72 Å². The standard InChI is InChI=1S/C11H16ClNO2.ClH/c1-10(2)6-13-11(3,14-7-10)8-4-5-9(12)15-8;/h4-5,13H,6-7H2,1-3H3;1H. The summed E-state index contributed by atoms with van der Waals surface area (Å²) >= 11 is 5.75. The van der Waals surface area contributed by atoms with Crippen molar-refractivity contribution in [3.8, 4) is 0 Å². The molecule has 2 heterocycles. The van der Waals surface area contributed by atoms with Gasteiger partial charge in [-0.05, 0) is 30.7 Å². The fourth-order valence-electron chi connectivity index (χ4n) is 1.58. The van der Waals surface area contributed by atoms with Crippen molar-refractivity contribution in [3.05, 3.63) is 23.1 Å². The van der Waals surface area contributed by atoms with Crippen molar-refractivity contribution in [2.24, 2.45) is 5.41 Å². The maximum Gasteiger partial charge on any atom is 0.193 e. The van der Waals surface area contributed by atoms with E-state index in [4.69, 9.17) is 20.8 Å². The van der Waals surface area contributed by atoms with Gasteiger partial charge in [0.1, 0.15) is 0 Å². The number of hydrogen-bond donors (Lipinski definition) is 1. The highest BCUT2D eigenvalue weighted by Gasteiger charge is 2.38. The Balaban J connectivity index is 0.00000128. The molecule has 2 rings (SSSR count). The summed E-state index contributed by atoms with van der Waals surface area (Å²) in [7, 11) is 0. The Hall–Kier alpha value is -0.220. The molecule has 1 aromatic rings. The van der Waals surface area contributed by atoms with E-state index in [1.54, 1.807) is 6.07 Å². The quantitative estimate of drug-likeness (QED) is 0.847. The second-order valence-corrected chi connectivity index (χ2v) is 5.32. The Morgan fingerprint density at radius 3 is 2.44 bits per heavy atom. The highest BCUT2D eigenvalue weighted by molar-refractivity contribution is 6.28. The molecule has 0 spiro atoms. The molecule has 16 heavy (non-hydrogen) atoms. The molecule has 1 saturated heterocycles. The monoisotopic (exact) mass is 265 g/mol. The van der Waals surface area contributed by atoms with Crippen LogP contribution in [0.4, 0.5) is 0 Å². The zero-order chi connectivity index (χ0) is 11.1. The van der Waals surface area contributed by atoms with Gasteiger partial charge in [0.2, 0.25) is 0 Å². The first-order valence-corrected chi connectivity index (χ1v) is 5.44. The van der Waals surface area contributed by atoms with Gasteiger partial charge in [-0.15, -0.1) is 12.4 Å². The maximum absolute atomic E-state index is 5.82. The Bertz CT molecular complexity index is 353. The molecule has 92 valence electrons. The number of halogens is 2. The molecular formula is C11H17Cl2NO2. The van der Waals surface area contributed by atoms with E-state index in [0.29, 0.717) is 11.8 Å². The largest absolute Gasteiger partial charge is 0.445 e. The van der Waals surface area contributed by atoms with Crippen LogP contribution in [-0.2, 0) is 10.5 Å². The maximum atomic E-state index is 5.82. The van der Waals surface area contributed by atoms with Crippen molar-refractivity contribution >= 4 is 24.0 Å². The third-order valence-electron chi connectivity index (χ3n) is 2.70. The number of nitrogens with one attached hydrogen (secondary N) is 1. The van der Waals surface area contributed by atoms with Gasteiger partial charge in [-0.2, -0.15) is 0 Å². The predicted molar refractivity (Wildman–Crippen MR) is 66.1 cm³/mol. The van der Waals surface area contributed by atoms with Crippen LogP contribution in [0.3, 0.4) is 0 Å². The zero-order valence-corrected chi connectivity index (χ0v) is 11.2. The van der Waals surface area contributed by atoms with Crippen LogP contribution in [0.25, 0.3) is 0 Å². The molecule has 0 aliphatic carbocycles. The summed E-state index contributed by atoms with van der Waals surface area (Å²) in [6.45, 7) is 7.87. The molecule has 0 bridgehead atoms. The van der Waals surface area contributed by atoms with Crippen molar-refractivity contribution in [2.75, 3.05) is 13.2 Å². The summed E-state index contributed by atoms with van der Waals surface area (Å²) < 4.78 is 11.2. The molecule has 0 radical (unpaired) electrons. The van der Waals surface area contributed by atoms with Crippen LogP contribution >= 0.6 is 24.0 Å². The van der Waals surface area contributed by atoms with Crippen molar-refractivity contribution < 1.29 is 9.15 Å². The van der Waals surface area contributed by atoms with Gasteiger partial charge < -0.3 is 9.15 Å². The van der Waals surface area contributed by atoms with Crippen molar-refractivity contribution in [3.63, 3.8) is 0 Å². The molecule has 1 aliphatic heterocycles. The van der Waals surface area contributed by atoms with Crippen LogP contribution in [0.2, 0.25) is 5.22 Å². The highest BCUT2D eigenvalue weighted by Crippen LogP contribution is 2.32. The zero-order valence-electron chi connectivity index (χ0n) is 9.67. The normalized spacial score (nSPS) is 28.5. The summed E-state index contributed by atoms with van der Waals surface area (Å²) in [4.78, 5) is 0. The van der Waals surface area contributed by atoms with Gasteiger partial charge in [0.25, 0.3) is 0 Å². The Morgan fingerprint density at radius 2 is 2.00 bits per heavy atom. The average Bonchev–Trinajstić information content (AvgIpc) is 2.59. The summed E-state index contributed by atoms with van der Waals surface area (Å²) in [5.74, 6) is 0.725. The lowest BCUT2D eigenvalue weighted by Gasteiger charge is -2.41. The van der Waals surface area contributed by atoms with Gasteiger partial charge in [-0.3, -0.25) is 5.32 Å². The molecule has 5 heteroatoms. The molecule has 0 saturated carbocycles. The topological polar surface area (TPSA) is 34.4 Å². The summed E-state index contributed by atoms with van der Waals surface area (Å²) in [5.41, 5.74) is -0.390. The third kappa shape index (κ3) is 2.72. The molecule has 1 aliphatic rings. The van der Waals surface area contributed by atoms with E-state index in [2.05, 4.69) is 19.2 Å². The molecule has 3 nitrogen and oxygen atoms in total. The lowest BCUT2D eigenvalue weighted by molar-refractivity contribution is -0.141. The van der Waals surface area contributed by atoms with Crippen LogP contribution in [0.15, 0.2) is 16.5 Å². The number of hydrogen-bond acceptors (Lipinski definition) is 3. The molecule has 1 N–H and O–H groups in total. The Morgan fingerprint density at radius 1 is 1.31 bits per heavy atom. The summed E-state index contributed by atoms with van der Waals surface area (Å²) in [6, 6.07) is 3.57.